The summed E-state index contributed by atoms with van der Waals surface area (Å²) >= 11 is 0. The monoisotopic (exact) mass is 205 g/mol. The Kier molecular flexibility index (Phi) is 4.57. The fraction of sp³-hybridized carbons (Fsp3) is 0.571. The van der Waals surface area contributed by atoms with E-state index in [1.807, 2.05) is 0 Å². The molecule has 0 aromatic rings. The lowest BCUT2D eigenvalue weighted by Crippen LogP contribution is -2.46. The molecule has 0 aliphatic carbocycles. The van der Waals surface area contributed by atoms with Crippen molar-refractivity contribution >= 4 is 17.8 Å². The van der Waals surface area contributed by atoms with E-state index in [1.165, 1.54) is 6.92 Å². The van der Waals surface area contributed by atoms with Crippen molar-refractivity contribution < 1.29 is 29.1 Å². The minimum atomic E-state index is -1.71. The predicted octanol–water partition coefficient (Wildman–Crippen LogP) is -0.977. The first-order chi connectivity index (χ1) is 6.45. The molecule has 0 unspecified atom stereocenters. The van der Waals surface area contributed by atoms with Crippen molar-refractivity contribution in [3.63, 3.8) is 0 Å². The van der Waals surface area contributed by atoms with Crippen LogP contribution >= 0.6 is 0 Å². The third-order valence-corrected chi connectivity index (χ3v) is 1.47. The number of hydrogen-bond donors (Lipinski definition) is 1. The SMILES string of the molecule is COC(=O)[C@H](C)N(OC)C(=O)C(=O)O. The quantitative estimate of drug-likeness (QED) is 0.361. The van der Waals surface area contributed by atoms with E-state index < -0.39 is 23.9 Å². The molecular formula is C7H11NO6. The first-order valence-corrected chi connectivity index (χ1v) is 3.64. The van der Waals surface area contributed by atoms with E-state index in [2.05, 4.69) is 9.57 Å². The molecule has 0 spiro atoms. The lowest BCUT2D eigenvalue weighted by Gasteiger charge is -2.22. The summed E-state index contributed by atoms with van der Waals surface area (Å²) < 4.78 is 4.32. The molecule has 1 N–H and O–H groups in total. The van der Waals surface area contributed by atoms with Crippen LogP contribution < -0.4 is 0 Å². The van der Waals surface area contributed by atoms with Gasteiger partial charge < -0.3 is 9.84 Å². The number of methoxy groups -OCH3 is 1. The van der Waals surface area contributed by atoms with Crippen molar-refractivity contribution in [2.75, 3.05) is 14.2 Å². The average Bonchev–Trinajstić information content (AvgIpc) is 2.17. The van der Waals surface area contributed by atoms with Crippen LogP contribution in [-0.2, 0) is 24.0 Å². The van der Waals surface area contributed by atoms with Gasteiger partial charge in [0, 0.05) is 0 Å². The van der Waals surface area contributed by atoms with Gasteiger partial charge in [0.1, 0.15) is 0 Å². The van der Waals surface area contributed by atoms with Gasteiger partial charge in [0.2, 0.25) is 0 Å². The molecule has 0 rings (SSSR count). The minimum Gasteiger partial charge on any atom is -0.474 e. The molecule has 0 radical (unpaired) electrons. The van der Waals surface area contributed by atoms with E-state index in [4.69, 9.17) is 5.11 Å². The first kappa shape index (κ1) is 12.4. The Morgan fingerprint density at radius 3 is 2.07 bits per heavy atom. The number of hydrogen-bond acceptors (Lipinski definition) is 5. The fourth-order valence-electron chi connectivity index (χ4n) is 0.777. The molecule has 0 bridgehead atoms. The van der Waals surface area contributed by atoms with Crippen molar-refractivity contribution in [3.05, 3.63) is 0 Å². The third-order valence-electron chi connectivity index (χ3n) is 1.47. The zero-order chi connectivity index (χ0) is 11.3. The number of carbonyl (C=O) groups is 3. The molecule has 1 amide bonds. The van der Waals surface area contributed by atoms with Gasteiger partial charge in [-0.1, -0.05) is 0 Å². The highest BCUT2D eigenvalue weighted by atomic mass is 16.7. The van der Waals surface area contributed by atoms with Crippen molar-refractivity contribution in [2.24, 2.45) is 0 Å². The van der Waals surface area contributed by atoms with Crippen LogP contribution in [0.4, 0.5) is 0 Å². The molecule has 0 saturated heterocycles. The van der Waals surface area contributed by atoms with Crippen molar-refractivity contribution in [3.8, 4) is 0 Å². The Morgan fingerprint density at radius 2 is 1.79 bits per heavy atom. The summed E-state index contributed by atoms with van der Waals surface area (Å²) in [6.45, 7) is 1.29. The molecule has 1 atom stereocenters. The second-order valence-electron chi connectivity index (χ2n) is 2.32. The second kappa shape index (κ2) is 5.18. The largest absolute Gasteiger partial charge is 0.474 e. The molecule has 80 valence electrons. The zero-order valence-electron chi connectivity index (χ0n) is 8.01. The van der Waals surface area contributed by atoms with Crippen LogP contribution in [0.25, 0.3) is 0 Å². The third kappa shape index (κ3) is 2.70. The van der Waals surface area contributed by atoms with Gasteiger partial charge in [-0.15, -0.1) is 0 Å². The Bertz CT molecular complexity index is 251. The summed E-state index contributed by atoms with van der Waals surface area (Å²) in [5.41, 5.74) is 0. The molecular weight excluding hydrogens is 194 g/mol. The summed E-state index contributed by atoms with van der Waals surface area (Å²) in [7, 11) is 2.21. The van der Waals surface area contributed by atoms with Gasteiger partial charge in [-0.25, -0.2) is 9.59 Å². The Hall–Kier alpha value is -1.63. The highest BCUT2D eigenvalue weighted by Gasteiger charge is 2.31. The summed E-state index contributed by atoms with van der Waals surface area (Å²) in [5.74, 6) is -3.80. The molecule has 0 heterocycles. The molecule has 14 heavy (non-hydrogen) atoms. The van der Waals surface area contributed by atoms with Gasteiger partial charge in [0.05, 0.1) is 14.2 Å². The minimum absolute atomic E-state index is 0.425. The van der Waals surface area contributed by atoms with E-state index in [-0.39, 0.29) is 0 Å². The van der Waals surface area contributed by atoms with E-state index in [0.29, 0.717) is 5.06 Å². The lowest BCUT2D eigenvalue weighted by atomic mass is 10.3. The lowest BCUT2D eigenvalue weighted by molar-refractivity contribution is -0.200. The molecule has 0 aliphatic heterocycles. The maximum absolute atomic E-state index is 11.0. The number of carboxylic acids is 1. The van der Waals surface area contributed by atoms with Crippen LogP contribution in [0.3, 0.4) is 0 Å². The molecule has 0 fully saturated rings. The van der Waals surface area contributed by atoms with Crippen LogP contribution in [0, 0.1) is 0 Å². The average molecular weight is 205 g/mol. The summed E-state index contributed by atoms with van der Waals surface area (Å²) in [4.78, 5) is 36.6. The molecule has 0 aliphatic rings. The number of amides is 1. The van der Waals surface area contributed by atoms with Crippen LogP contribution in [0.2, 0.25) is 0 Å². The highest BCUT2D eigenvalue weighted by molar-refractivity contribution is 6.31. The van der Waals surface area contributed by atoms with Crippen molar-refractivity contribution in [1.82, 2.24) is 5.06 Å². The van der Waals surface area contributed by atoms with Gasteiger partial charge in [-0.3, -0.25) is 9.63 Å². The van der Waals surface area contributed by atoms with Gasteiger partial charge in [-0.05, 0) is 6.92 Å². The molecule has 0 aromatic carbocycles. The summed E-state index contributed by atoms with van der Waals surface area (Å²) in [5, 5.41) is 8.79. The number of ether oxygens (including phenoxy) is 1. The van der Waals surface area contributed by atoms with E-state index in [1.54, 1.807) is 0 Å². The number of aliphatic carboxylic acids is 1. The van der Waals surface area contributed by atoms with Gasteiger partial charge in [0.25, 0.3) is 0 Å². The number of rotatable bonds is 3. The molecule has 7 heteroatoms. The highest BCUT2D eigenvalue weighted by Crippen LogP contribution is 2.02. The van der Waals surface area contributed by atoms with Gasteiger partial charge >= 0.3 is 17.8 Å². The van der Waals surface area contributed by atoms with Gasteiger partial charge in [-0.2, -0.15) is 5.06 Å². The van der Waals surface area contributed by atoms with Crippen molar-refractivity contribution in [2.45, 2.75) is 13.0 Å². The fourth-order valence-corrected chi connectivity index (χ4v) is 0.777. The van der Waals surface area contributed by atoms with E-state index >= 15 is 0 Å². The summed E-state index contributed by atoms with van der Waals surface area (Å²) in [6, 6.07) is -1.10. The maximum Gasteiger partial charge on any atom is 0.396 e. The second-order valence-corrected chi connectivity index (χ2v) is 2.32. The predicted molar refractivity (Wildman–Crippen MR) is 43.0 cm³/mol. The number of esters is 1. The maximum atomic E-state index is 11.0. The topological polar surface area (TPSA) is 93.1 Å². The first-order valence-electron chi connectivity index (χ1n) is 3.64. The van der Waals surface area contributed by atoms with Crippen molar-refractivity contribution in [1.29, 1.82) is 0 Å². The van der Waals surface area contributed by atoms with E-state index in [9.17, 15) is 14.4 Å². The number of carboxylic acid groups (broad SMARTS) is 1. The van der Waals surface area contributed by atoms with E-state index in [0.717, 1.165) is 14.2 Å². The number of nitrogens with zero attached hydrogens (tertiary/aromatic N) is 1. The van der Waals surface area contributed by atoms with Crippen LogP contribution in [0.5, 0.6) is 0 Å². The Labute approximate surface area is 80.1 Å². The molecule has 7 nitrogen and oxygen atoms in total. The summed E-state index contributed by atoms with van der Waals surface area (Å²) in [6.07, 6.45) is 0. The standard InChI is InChI=1S/C7H11NO6/c1-4(7(12)13-2)8(14-3)5(9)6(10)11/h4H,1-3H3,(H,10,11)/t4-/m0/s1. The van der Waals surface area contributed by atoms with Gasteiger partial charge in [0.15, 0.2) is 6.04 Å². The van der Waals surface area contributed by atoms with Crippen LogP contribution in [0.1, 0.15) is 6.92 Å². The zero-order valence-corrected chi connectivity index (χ0v) is 8.01. The molecule has 0 aromatic heterocycles. The van der Waals surface area contributed by atoms with Crippen LogP contribution in [0.15, 0.2) is 0 Å². The van der Waals surface area contributed by atoms with Crippen LogP contribution in [-0.4, -0.2) is 48.3 Å². The molecule has 0 saturated carbocycles. The Balaban J connectivity index is 4.64. The normalized spacial score (nSPS) is 11.6. The number of carbonyl (C=O) groups excluding carboxylic acids is 2. The smallest absolute Gasteiger partial charge is 0.396 e. The number of hydroxylamine groups is 2. The Morgan fingerprint density at radius 1 is 1.29 bits per heavy atom.